The molecule has 5 nitrogen and oxygen atoms in total. The Labute approximate surface area is 123 Å². The molecular formula is C16H18N2O3. The van der Waals surface area contributed by atoms with Crippen LogP contribution in [0.3, 0.4) is 0 Å². The number of rotatable bonds is 3. The number of ether oxygens (including phenoxy) is 1. The van der Waals surface area contributed by atoms with Gasteiger partial charge in [-0.2, -0.15) is 5.26 Å². The number of methoxy groups -OCH3 is 1. The number of nitriles is 1. The van der Waals surface area contributed by atoms with Gasteiger partial charge in [0.25, 0.3) is 0 Å². The van der Waals surface area contributed by atoms with Crippen LogP contribution < -0.4 is 5.32 Å². The van der Waals surface area contributed by atoms with E-state index in [1.165, 1.54) is 7.11 Å². The Morgan fingerprint density at radius 2 is 2.00 bits per heavy atom. The summed E-state index contributed by atoms with van der Waals surface area (Å²) in [6.45, 7) is 1.80. The number of carbonyl (C=O) groups excluding carboxylic acids is 2. The minimum Gasteiger partial charge on any atom is -0.465 e. The maximum absolute atomic E-state index is 12.4. The Kier molecular flexibility index (Phi) is 4.27. The third kappa shape index (κ3) is 2.89. The number of aryl methyl sites for hydroxylation is 1. The standard InChI is InChI=1S/C16H18N2O3/c1-11-9-12(14(19)21-2)5-6-13(11)18-15(20)16(10-17)7-3-4-8-16/h5-6,9H,3-4,7-8H2,1-2H3,(H,18,20). The summed E-state index contributed by atoms with van der Waals surface area (Å²) in [5, 5.41) is 12.1. The minimum absolute atomic E-state index is 0.253. The Bertz CT molecular complexity index is 610. The van der Waals surface area contributed by atoms with Crippen LogP contribution in [0.25, 0.3) is 0 Å². The van der Waals surface area contributed by atoms with Crippen molar-refractivity contribution in [2.45, 2.75) is 32.6 Å². The lowest BCUT2D eigenvalue weighted by molar-refractivity contribution is -0.122. The molecule has 0 radical (unpaired) electrons. The van der Waals surface area contributed by atoms with E-state index in [0.717, 1.165) is 18.4 Å². The first-order chi connectivity index (χ1) is 10.0. The second-order valence-corrected chi connectivity index (χ2v) is 5.38. The number of benzene rings is 1. The van der Waals surface area contributed by atoms with Crippen molar-refractivity contribution in [3.8, 4) is 6.07 Å². The summed E-state index contributed by atoms with van der Waals surface area (Å²) in [6.07, 6.45) is 3.02. The van der Waals surface area contributed by atoms with E-state index in [1.54, 1.807) is 25.1 Å². The molecule has 1 aromatic rings. The summed E-state index contributed by atoms with van der Waals surface area (Å²) in [6, 6.07) is 7.10. The topological polar surface area (TPSA) is 79.2 Å². The van der Waals surface area contributed by atoms with Gasteiger partial charge in [-0.25, -0.2) is 4.79 Å². The highest BCUT2D eigenvalue weighted by Gasteiger charge is 2.41. The summed E-state index contributed by atoms with van der Waals surface area (Å²) < 4.78 is 4.66. The molecule has 0 unspecified atom stereocenters. The Balaban J connectivity index is 2.18. The number of nitrogens with zero attached hydrogens (tertiary/aromatic N) is 1. The Morgan fingerprint density at radius 1 is 1.33 bits per heavy atom. The molecule has 1 aliphatic rings. The van der Waals surface area contributed by atoms with Crippen LogP contribution in [-0.4, -0.2) is 19.0 Å². The van der Waals surface area contributed by atoms with Gasteiger partial charge in [0.05, 0.1) is 18.7 Å². The maximum Gasteiger partial charge on any atom is 0.337 e. The van der Waals surface area contributed by atoms with Gasteiger partial charge in [0, 0.05) is 5.69 Å². The van der Waals surface area contributed by atoms with Crippen molar-refractivity contribution in [3.05, 3.63) is 29.3 Å². The van der Waals surface area contributed by atoms with Crippen molar-refractivity contribution in [1.29, 1.82) is 5.26 Å². The summed E-state index contributed by atoms with van der Waals surface area (Å²) in [5.74, 6) is -0.670. The van der Waals surface area contributed by atoms with Crippen LogP contribution in [0.1, 0.15) is 41.6 Å². The van der Waals surface area contributed by atoms with Gasteiger partial charge in [-0.15, -0.1) is 0 Å². The van der Waals surface area contributed by atoms with Crippen molar-refractivity contribution in [3.63, 3.8) is 0 Å². The molecule has 0 aliphatic heterocycles. The molecule has 1 fully saturated rings. The lowest BCUT2D eigenvalue weighted by Gasteiger charge is -2.20. The second kappa shape index (κ2) is 5.96. The molecule has 0 heterocycles. The van der Waals surface area contributed by atoms with Gasteiger partial charge in [0.2, 0.25) is 5.91 Å². The van der Waals surface area contributed by atoms with E-state index >= 15 is 0 Å². The van der Waals surface area contributed by atoms with E-state index in [0.29, 0.717) is 24.1 Å². The van der Waals surface area contributed by atoms with Crippen LogP contribution in [0.2, 0.25) is 0 Å². The van der Waals surface area contributed by atoms with Crippen LogP contribution in [0.5, 0.6) is 0 Å². The molecule has 0 atom stereocenters. The fourth-order valence-corrected chi connectivity index (χ4v) is 2.66. The molecule has 110 valence electrons. The molecule has 0 bridgehead atoms. The average molecular weight is 286 g/mol. The number of anilines is 1. The molecule has 0 spiro atoms. The second-order valence-electron chi connectivity index (χ2n) is 5.38. The number of hydrogen-bond acceptors (Lipinski definition) is 4. The normalized spacial score (nSPS) is 16.0. The summed E-state index contributed by atoms with van der Waals surface area (Å²) >= 11 is 0. The lowest BCUT2D eigenvalue weighted by Crippen LogP contribution is -2.32. The summed E-state index contributed by atoms with van der Waals surface area (Å²) in [4.78, 5) is 23.8. The Hall–Kier alpha value is -2.35. The van der Waals surface area contributed by atoms with Gasteiger partial charge in [-0.1, -0.05) is 12.8 Å². The number of nitrogens with one attached hydrogen (secondary N) is 1. The monoisotopic (exact) mass is 286 g/mol. The quantitative estimate of drug-likeness (QED) is 0.866. The van der Waals surface area contributed by atoms with Gasteiger partial charge in [0.1, 0.15) is 5.41 Å². The first kappa shape index (κ1) is 15.0. The van der Waals surface area contributed by atoms with Gasteiger partial charge in [0.15, 0.2) is 0 Å². The fourth-order valence-electron chi connectivity index (χ4n) is 2.66. The van der Waals surface area contributed by atoms with Crippen molar-refractivity contribution in [2.24, 2.45) is 5.41 Å². The van der Waals surface area contributed by atoms with Crippen LogP contribution in [0, 0.1) is 23.7 Å². The van der Waals surface area contributed by atoms with E-state index in [-0.39, 0.29) is 5.91 Å². The molecule has 21 heavy (non-hydrogen) atoms. The molecule has 0 aromatic heterocycles. The maximum atomic E-state index is 12.4. The molecule has 1 N–H and O–H groups in total. The summed E-state index contributed by atoms with van der Waals surface area (Å²) in [7, 11) is 1.32. The minimum atomic E-state index is -0.909. The van der Waals surface area contributed by atoms with Crippen molar-refractivity contribution >= 4 is 17.6 Å². The molecule has 1 aliphatic carbocycles. The van der Waals surface area contributed by atoms with E-state index in [4.69, 9.17) is 0 Å². The van der Waals surface area contributed by atoms with Crippen molar-refractivity contribution in [1.82, 2.24) is 0 Å². The molecule has 1 aromatic carbocycles. The third-order valence-electron chi connectivity index (χ3n) is 4.00. The summed E-state index contributed by atoms with van der Waals surface area (Å²) in [5.41, 5.74) is 0.906. The highest BCUT2D eigenvalue weighted by atomic mass is 16.5. The molecule has 0 saturated heterocycles. The first-order valence-corrected chi connectivity index (χ1v) is 6.94. The van der Waals surface area contributed by atoms with Crippen LogP contribution >= 0.6 is 0 Å². The zero-order chi connectivity index (χ0) is 15.5. The van der Waals surface area contributed by atoms with E-state index in [2.05, 4.69) is 16.1 Å². The zero-order valence-electron chi connectivity index (χ0n) is 12.2. The van der Waals surface area contributed by atoms with Crippen molar-refractivity contribution in [2.75, 3.05) is 12.4 Å². The SMILES string of the molecule is COC(=O)c1ccc(NC(=O)C2(C#N)CCCC2)c(C)c1. The number of esters is 1. The fraction of sp³-hybridized carbons (Fsp3) is 0.438. The molecule has 5 heteroatoms. The molecule has 1 saturated carbocycles. The predicted molar refractivity (Wildman–Crippen MR) is 77.7 cm³/mol. The highest BCUT2D eigenvalue weighted by Crippen LogP contribution is 2.38. The smallest absolute Gasteiger partial charge is 0.337 e. The largest absolute Gasteiger partial charge is 0.465 e. The van der Waals surface area contributed by atoms with Gasteiger partial charge < -0.3 is 10.1 Å². The van der Waals surface area contributed by atoms with Gasteiger partial charge in [-0.3, -0.25) is 4.79 Å². The molecular weight excluding hydrogens is 268 g/mol. The van der Waals surface area contributed by atoms with Crippen LogP contribution in [0.4, 0.5) is 5.69 Å². The van der Waals surface area contributed by atoms with Gasteiger partial charge in [-0.05, 0) is 43.5 Å². The first-order valence-electron chi connectivity index (χ1n) is 6.94. The van der Waals surface area contributed by atoms with Gasteiger partial charge >= 0.3 is 5.97 Å². The predicted octanol–water partition coefficient (Wildman–Crippen LogP) is 2.80. The molecule has 1 amide bonds. The van der Waals surface area contributed by atoms with E-state index < -0.39 is 11.4 Å². The Morgan fingerprint density at radius 3 is 2.52 bits per heavy atom. The third-order valence-corrected chi connectivity index (χ3v) is 4.00. The number of hydrogen-bond donors (Lipinski definition) is 1. The van der Waals surface area contributed by atoms with E-state index in [9.17, 15) is 14.9 Å². The highest BCUT2D eigenvalue weighted by molar-refractivity contribution is 5.98. The van der Waals surface area contributed by atoms with Crippen molar-refractivity contribution < 1.29 is 14.3 Å². The van der Waals surface area contributed by atoms with Crippen LogP contribution in [-0.2, 0) is 9.53 Å². The molecule has 2 rings (SSSR count). The number of carbonyl (C=O) groups is 2. The van der Waals surface area contributed by atoms with E-state index in [1.807, 2.05) is 0 Å². The zero-order valence-corrected chi connectivity index (χ0v) is 12.2. The van der Waals surface area contributed by atoms with Crippen LogP contribution in [0.15, 0.2) is 18.2 Å². The lowest BCUT2D eigenvalue weighted by atomic mass is 9.87. The average Bonchev–Trinajstić information content (AvgIpc) is 2.98. The number of amides is 1.